The van der Waals surface area contributed by atoms with Gasteiger partial charge < -0.3 is 10.3 Å². The maximum absolute atomic E-state index is 12.2. The van der Waals surface area contributed by atoms with E-state index in [-0.39, 0.29) is 5.91 Å². The van der Waals surface area contributed by atoms with Crippen molar-refractivity contribution in [3.8, 4) is 5.82 Å². The lowest BCUT2D eigenvalue weighted by molar-refractivity contribution is 0.0953. The third-order valence-corrected chi connectivity index (χ3v) is 3.78. The van der Waals surface area contributed by atoms with E-state index < -0.39 is 0 Å². The molecular weight excluding hydrogens is 318 g/mol. The number of hydrogen-bond donors (Lipinski definition) is 2. The second-order valence-electron chi connectivity index (χ2n) is 5.48. The number of carbonyl (C=O) groups is 1. The maximum Gasteiger partial charge on any atom is 0.252 e. The summed E-state index contributed by atoms with van der Waals surface area (Å²) in [5.41, 5.74) is 2.43. The Kier molecular flexibility index (Phi) is 3.91. The van der Waals surface area contributed by atoms with E-state index >= 15 is 0 Å². The molecule has 0 radical (unpaired) electrons. The van der Waals surface area contributed by atoms with Crippen LogP contribution in [0.5, 0.6) is 0 Å². The summed E-state index contributed by atoms with van der Waals surface area (Å²) in [5.74, 6) is 1.34. The van der Waals surface area contributed by atoms with Crippen LogP contribution in [-0.4, -0.2) is 42.2 Å². The second-order valence-corrected chi connectivity index (χ2v) is 5.48. The first-order chi connectivity index (χ1) is 12.3. The van der Waals surface area contributed by atoms with Crippen LogP contribution >= 0.6 is 0 Å². The molecular formula is C17H15N7O. The largest absolute Gasteiger partial charge is 0.352 e. The van der Waals surface area contributed by atoms with Crippen LogP contribution in [0.3, 0.4) is 0 Å². The number of para-hydroxylation sites is 2. The van der Waals surface area contributed by atoms with Crippen molar-refractivity contribution in [2.45, 2.75) is 6.42 Å². The van der Waals surface area contributed by atoms with Crippen molar-refractivity contribution in [3.05, 3.63) is 66.6 Å². The van der Waals surface area contributed by atoms with Crippen molar-refractivity contribution < 1.29 is 4.79 Å². The van der Waals surface area contributed by atoms with Crippen molar-refractivity contribution in [1.29, 1.82) is 0 Å². The maximum atomic E-state index is 12.2. The fraction of sp³-hybridized carbons (Fsp3) is 0.118. The summed E-state index contributed by atoms with van der Waals surface area (Å²) in [6.45, 7) is 0.492. The molecule has 0 aliphatic heterocycles. The molecule has 124 valence electrons. The zero-order chi connectivity index (χ0) is 17.1. The molecule has 3 heterocycles. The monoisotopic (exact) mass is 333 g/mol. The Morgan fingerprint density at radius 2 is 1.96 bits per heavy atom. The van der Waals surface area contributed by atoms with Crippen LogP contribution in [0, 0.1) is 0 Å². The van der Waals surface area contributed by atoms with E-state index in [1.54, 1.807) is 29.4 Å². The van der Waals surface area contributed by atoms with Crippen LogP contribution in [0.4, 0.5) is 0 Å². The number of benzene rings is 1. The molecule has 0 unspecified atom stereocenters. The normalized spacial score (nSPS) is 10.9. The van der Waals surface area contributed by atoms with Gasteiger partial charge in [-0.25, -0.2) is 9.97 Å². The quantitative estimate of drug-likeness (QED) is 0.576. The number of pyridine rings is 1. The number of aromatic nitrogens is 6. The zero-order valence-corrected chi connectivity index (χ0v) is 13.3. The summed E-state index contributed by atoms with van der Waals surface area (Å²) >= 11 is 0. The summed E-state index contributed by atoms with van der Waals surface area (Å²) in [5, 5.41) is 10.3. The van der Waals surface area contributed by atoms with Crippen molar-refractivity contribution in [1.82, 2.24) is 35.0 Å². The summed E-state index contributed by atoms with van der Waals surface area (Å²) in [4.78, 5) is 24.2. The van der Waals surface area contributed by atoms with Gasteiger partial charge in [-0.05, 0) is 24.3 Å². The molecule has 8 nitrogen and oxygen atoms in total. The molecule has 4 aromatic rings. The predicted octanol–water partition coefficient (Wildman–Crippen LogP) is 1.51. The van der Waals surface area contributed by atoms with Gasteiger partial charge in [0.1, 0.15) is 24.3 Å². The van der Waals surface area contributed by atoms with Crippen LogP contribution in [0.1, 0.15) is 16.2 Å². The van der Waals surface area contributed by atoms with E-state index in [0.717, 1.165) is 16.9 Å². The predicted molar refractivity (Wildman–Crippen MR) is 91.3 cm³/mol. The van der Waals surface area contributed by atoms with Crippen molar-refractivity contribution in [2.24, 2.45) is 0 Å². The van der Waals surface area contributed by atoms with Crippen LogP contribution in [0.2, 0.25) is 0 Å². The molecule has 0 fully saturated rings. The first kappa shape index (κ1) is 15.0. The van der Waals surface area contributed by atoms with Crippen LogP contribution < -0.4 is 5.32 Å². The molecule has 0 saturated carbocycles. The summed E-state index contributed by atoms with van der Waals surface area (Å²) < 4.78 is 1.67. The van der Waals surface area contributed by atoms with Gasteiger partial charge in [0.2, 0.25) is 0 Å². The number of nitrogens with one attached hydrogen (secondary N) is 2. The topological polar surface area (TPSA) is 101 Å². The van der Waals surface area contributed by atoms with Gasteiger partial charge in [0, 0.05) is 19.2 Å². The molecule has 0 aliphatic carbocycles. The molecule has 8 heteroatoms. The Balaban J connectivity index is 1.35. The molecule has 3 aromatic heterocycles. The van der Waals surface area contributed by atoms with Gasteiger partial charge in [-0.3, -0.25) is 9.36 Å². The first-order valence-corrected chi connectivity index (χ1v) is 7.82. The number of hydrogen-bond acceptors (Lipinski definition) is 5. The lowest BCUT2D eigenvalue weighted by atomic mass is 10.2. The minimum atomic E-state index is -0.168. The Bertz CT molecular complexity index is 956. The van der Waals surface area contributed by atoms with E-state index in [2.05, 4.69) is 30.5 Å². The Morgan fingerprint density at radius 3 is 2.72 bits per heavy atom. The molecule has 2 N–H and O–H groups in total. The zero-order valence-electron chi connectivity index (χ0n) is 13.3. The van der Waals surface area contributed by atoms with Gasteiger partial charge >= 0.3 is 0 Å². The SMILES string of the molecule is O=C(NCCc1nc2ccccc2[nH]1)c1ccc(-n2cnnc2)nc1. The number of carbonyl (C=O) groups excluding carboxylic acids is 1. The van der Waals surface area contributed by atoms with Gasteiger partial charge in [-0.1, -0.05) is 12.1 Å². The van der Waals surface area contributed by atoms with E-state index in [0.29, 0.717) is 24.3 Å². The highest BCUT2D eigenvalue weighted by Crippen LogP contribution is 2.10. The molecule has 0 spiro atoms. The van der Waals surface area contributed by atoms with E-state index in [1.165, 1.54) is 6.20 Å². The fourth-order valence-corrected chi connectivity index (χ4v) is 2.51. The number of rotatable bonds is 5. The fourth-order valence-electron chi connectivity index (χ4n) is 2.51. The molecule has 0 saturated heterocycles. The third-order valence-electron chi connectivity index (χ3n) is 3.78. The van der Waals surface area contributed by atoms with Gasteiger partial charge in [-0.2, -0.15) is 0 Å². The molecule has 25 heavy (non-hydrogen) atoms. The summed E-state index contributed by atoms with van der Waals surface area (Å²) in [6.07, 6.45) is 5.27. The van der Waals surface area contributed by atoms with E-state index in [9.17, 15) is 4.79 Å². The van der Waals surface area contributed by atoms with Crippen molar-refractivity contribution in [3.63, 3.8) is 0 Å². The van der Waals surface area contributed by atoms with Gasteiger partial charge in [0.05, 0.1) is 16.6 Å². The number of amides is 1. The molecule has 4 rings (SSSR count). The smallest absolute Gasteiger partial charge is 0.252 e. The number of H-pyrrole nitrogens is 1. The van der Waals surface area contributed by atoms with Crippen LogP contribution in [-0.2, 0) is 6.42 Å². The number of nitrogens with zero attached hydrogens (tertiary/aromatic N) is 5. The van der Waals surface area contributed by atoms with Gasteiger partial charge in [0.25, 0.3) is 5.91 Å². The van der Waals surface area contributed by atoms with E-state index in [4.69, 9.17) is 0 Å². The van der Waals surface area contributed by atoms with Gasteiger partial charge in [-0.15, -0.1) is 10.2 Å². The van der Waals surface area contributed by atoms with Gasteiger partial charge in [0.15, 0.2) is 0 Å². The minimum absolute atomic E-state index is 0.168. The molecule has 0 atom stereocenters. The molecule has 0 bridgehead atoms. The summed E-state index contributed by atoms with van der Waals surface area (Å²) in [6, 6.07) is 11.3. The lowest BCUT2D eigenvalue weighted by Crippen LogP contribution is -2.26. The molecule has 0 aliphatic rings. The highest BCUT2D eigenvalue weighted by molar-refractivity contribution is 5.93. The number of fused-ring (bicyclic) bond motifs is 1. The van der Waals surface area contributed by atoms with E-state index in [1.807, 2.05) is 24.3 Å². The molecule has 1 amide bonds. The Labute approximate surface area is 143 Å². The second kappa shape index (κ2) is 6.52. The molecule has 1 aromatic carbocycles. The average molecular weight is 333 g/mol. The summed E-state index contributed by atoms with van der Waals surface area (Å²) in [7, 11) is 0. The Hall–Kier alpha value is -3.55. The Morgan fingerprint density at radius 1 is 1.12 bits per heavy atom. The lowest BCUT2D eigenvalue weighted by Gasteiger charge is -2.05. The van der Waals surface area contributed by atoms with Crippen molar-refractivity contribution >= 4 is 16.9 Å². The van der Waals surface area contributed by atoms with Crippen molar-refractivity contribution in [2.75, 3.05) is 6.54 Å². The minimum Gasteiger partial charge on any atom is -0.352 e. The highest BCUT2D eigenvalue weighted by atomic mass is 16.1. The average Bonchev–Trinajstić information content (AvgIpc) is 3.31. The number of imidazole rings is 1. The third kappa shape index (κ3) is 3.23. The first-order valence-electron chi connectivity index (χ1n) is 7.82. The standard InChI is InChI=1S/C17H15N7O/c25-17(12-5-6-16(19-9-12)24-10-20-21-11-24)18-8-7-15-22-13-3-1-2-4-14(13)23-15/h1-6,9-11H,7-8H2,(H,18,25)(H,22,23). The van der Waals surface area contributed by atoms with Crippen LogP contribution in [0.15, 0.2) is 55.2 Å². The highest BCUT2D eigenvalue weighted by Gasteiger charge is 2.08. The number of aromatic amines is 1. The van der Waals surface area contributed by atoms with Crippen LogP contribution in [0.25, 0.3) is 16.9 Å².